The van der Waals surface area contributed by atoms with E-state index in [4.69, 9.17) is 11.5 Å². The third kappa shape index (κ3) is 4.45. The van der Waals surface area contributed by atoms with Crippen molar-refractivity contribution in [2.24, 2.45) is 0 Å². The van der Waals surface area contributed by atoms with Gasteiger partial charge >= 0.3 is 12.0 Å². The molecule has 6 heteroatoms. The molecule has 0 saturated heterocycles. The lowest BCUT2D eigenvalue weighted by Gasteiger charge is -2.29. The highest BCUT2D eigenvalue weighted by Gasteiger charge is 2.34. The van der Waals surface area contributed by atoms with Gasteiger partial charge in [-0.25, -0.2) is 9.59 Å². The van der Waals surface area contributed by atoms with E-state index < -0.39 is 23.6 Å². The first-order chi connectivity index (χ1) is 8.88. The number of nitrogens with zero attached hydrogens (tertiary/aromatic N) is 1. The van der Waals surface area contributed by atoms with Crippen molar-refractivity contribution in [3.63, 3.8) is 0 Å². The molecule has 0 aromatic heterocycles. The second kappa shape index (κ2) is 6.43. The van der Waals surface area contributed by atoms with Gasteiger partial charge in [0.05, 0.1) is 12.1 Å². The van der Waals surface area contributed by atoms with Crippen molar-refractivity contribution < 1.29 is 19.8 Å². The third-order valence-corrected chi connectivity index (χ3v) is 3.33. The molecule has 1 unspecified atom stereocenters. The fourth-order valence-electron chi connectivity index (χ4n) is 2.28. The predicted octanol–water partition coefficient (Wildman–Crippen LogP) is 0.409. The van der Waals surface area contributed by atoms with E-state index in [0.29, 0.717) is 12.8 Å². The molecule has 0 spiro atoms. The average Bonchev–Trinajstić information content (AvgIpc) is 2.74. The second-order valence-corrected chi connectivity index (χ2v) is 5.04. The van der Waals surface area contributed by atoms with Gasteiger partial charge in [-0.05, 0) is 12.8 Å². The molecule has 0 heterocycles. The molecule has 106 valence electrons. The Hall–Kier alpha value is -1.74. The van der Waals surface area contributed by atoms with Crippen LogP contribution in [-0.2, 0) is 4.79 Å². The van der Waals surface area contributed by atoms with Gasteiger partial charge in [-0.15, -0.1) is 12.3 Å². The Bertz CT molecular complexity index is 383. The van der Waals surface area contributed by atoms with Gasteiger partial charge in [-0.3, -0.25) is 0 Å². The molecule has 1 aliphatic carbocycles. The van der Waals surface area contributed by atoms with Crippen LogP contribution in [-0.4, -0.2) is 52.3 Å². The largest absolute Gasteiger partial charge is 0.480 e. The number of hydrogen-bond donors (Lipinski definition) is 3. The number of carbonyl (C=O) groups is 2. The summed E-state index contributed by atoms with van der Waals surface area (Å²) >= 11 is 0. The topological polar surface area (TPSA) is 89.9 Å². The summed E-state index contributed by atoms with van der Waals surface area (Å²) in [5.74, 6) is 1.04. The van der Waals surface area contributed by atoms with E-state index in [-0.39, 0.29) is 13.0 Å². The number of carboxylic acid groups (broad SMARTS) is 1. The fourth-order valence-corrected chi connectivity index (χ4v) is 2.28. The lowest BCUT2D eigenvalue weighted by molar-refractivity contribution is -0.139. The lowest BCUT2D eigenvalue weighted by atomic mass is 10.0. The zero-order chi connectivity index (χ0) is 14.5. The van der Waals surface area contributed by atoms with Crippen LogP contribution in [0.1, 0.15) is 32.1 Å². The molecule has 1 aliphatic rings. The Balaban J connectivity index is 2.52. The zero-order valence-electron chi connectivity index (χ0n) is 11.1. The van der Waals surface area contributed by atoms with Crippen molar-refractivity contribution in [1.29, 1.82) is 0 Å². The van der Waals surface area contributed by atoms with E-state index in [2.05, 4.69) is 11.2 Å². The number of amides is 2. The van der Waals surface area contributed by atoms with Crippen molar-refractivity contribution >= 4 is 12.0 Å². The zero-order valence-corrected chi connectivity index (χ0v) is 11.1. The average molecular weight is 268 g/mol. The first-order valence-electron chi connectivity index (χ1n) is 6.28. The monoisotopic (exact) mass is 268 g/mol. The van der Waals surface area contributed by atoms with E-state index in [1.165, 1.54) is 11.9 Å². The van der Waals surface area contributed by atoms with Crippen LogP contribution < -0.4 is 5.32 Å². The van der Waals surface area contributed by atoms with E-state index in [1.54, 1.807) is 0 Å². The lowest BCUT2D eigenvalue weighted by Crippen LogP contribution is -2.50. The number of carbonyl (C=O) groups excluding carboxylic acids is 1. The maximum absolute atomic E-state index is 11.8. The third-order valence-electron chi connectivity index (χ3n) is 3.33. The normalized spacial score (nSPS) is 18.4. The summed E-state index contributed by atoms with van der Waals surface area (Å²) in [5.41, 5.74) is -0.850. The summed E-state index contributed by atoms with van der Waals surface area (Å²) in [4.78, 5) is 24.0. The van der Waals surface area contributed by atoms with Gasteiger partial charge in [0.1, 0.15) is 6.04 Å². The maximum atomic E-state index is 11.8. The Morgan fingerprint density at radius 3 is 2.53 bits per heavy atom. The molecule has 2 amide bonds. The minimum Gasteiger partial charge on any atom is -0.480 e. The van der Waals surface area contributed by atoms with Gasteiger partial charge in [0.2, 0.25) is 0 Å². The van der Waals surface area contributed by atoms with E-state index in [0.717, 1.165) is 12.8 Å². The molecule has 0 aliphatic heterocycles. The first kappa shape index (κ1) is 15.3. The smallest absolute Gasteiger partial charge is 0.327 e. The van der Waals surface area contributed by atoms with E-state index in [1.807, 2.05) is 0 Å². The quantitative estimate of drug-likeness (QED) is 0.630. The number of hydrogen-bond acceptors (Lipinski definition) is 3. The molecule has 1 atom stereocenters. The van der Waals surface area contributed by atoms with Crippen molar-refractivity contribution in [3.8, 4) is 12.3 Å². The molecular formula is C13H20N2O4. The van der Waals surface area contributed by atoms with Gasteiger partial charge in [-0.1, -0.05) is 12.8 Å². The highest BCUT2D eigenvalue weighted by atomic mass is 16.4. The molecular weight excluding hydrogens is 248 g/mol. The molecule has 0 aromatic rings. The standard InChI is InChI=1S/C13H20N2O4/c1-3-6-10(11(16)17)14-12(18)15(2)9-13(19)7-4-5-8-13/h1,10,19H,4-9H2,2H3,(H,14,18)(H,16,17). The van der Waals surface area contributed by atoms with Crippen molar-refractivity contribution in [1.82, 2.24) is 10.2 Å². The van der Waals surface area contributed by atoms with Gasteiger partial charge in [0.25, 0.3) is 0 Å². The Labute approximate surface area is 112 Å². The molecule has 6 nitrogen and oxygen atoms in total. The Morgan fingerprint density at radius 1 is 1.47 bits per heavy atom. The molecule has 3 N–H and O–H groups in total. The number of aliphatic carboxylic acids is 1. The molecule has 1 saturated carbocycles. The summed E-state index contributed by atoms with van der Waals surface area (Å²) < 4.78 is 0. The van der Waals surface area contributed by atoms with Gasteiger partial charge in [0, 0.05) is 13.5 Å². The second-order valence-electron chi connectivity index (χ2n) is 5.04. The SMILES string of the molecule is C#CCC(NC(=O)N(C)CC1(O)CCCC1)C(=O)O. The number of rotatable bonds is 5. The molecule has 19 heavy (non-hydrogen) atoms. The first-order valence-corrected chi connectivity index (χ1v) is 6.28. The minimum absolute atomic E-state index is 0.0703. The number of nitrogens with one attached hydrogen (secondary N) is 1. The van der Waals surface area contributed by atoms with E-state index in [9.17, 15) is 14.7 Å². The van der Waals surface area contributed by atoms with Crippen LogP contribution in [0.4, 0.5) is 4.79 Å². The molecule has 1 rings (SSSR count). The number of urea groups is 1. The minimum atomic E-state index is -1.17. The van der Waals surface area contributed by atoms with Gasteiger partial charge < -0.3 is 20.4 Å². The van der Waals surface area contributed by atoms with Crippen LogP contribution >= 0.6 is 0 Å². The Kier molecular flexibility index (Phi) is 5.19. The molecule has 0 aromatic carbocycles. The summed E-state index contributed by atoms with van der Waals surface area (Å²) in [7, 11) is 1.53. The van der Waals surface area contributed by atoms with Crippen LogP contribution in [0.3, 0.4) is 0 Å². The summed E-state index contributed by atoms with van der Waals surface area (Å²) in [6.07, 6.45) is 8.20. The van der Waals surface area contributed by atoms with Crippen LogP contribution in [0, 0.1) is 12.3 Å². The number of aliphatic hydroxyl groups is 1. The maximum Gasteiger partial charge on any atom is 0.327 e. The van der Waals surface area contributed by atoms with Gasteiger partial charge in [0.15, 0.2) is 0 Å². The van der Waals surface area contributed by atoms with E-state index >= 15 is 0 Å². The summed E-state index contributed by atoms with van der Waals surface area (Å²) in [5, 5.41) is 21.4. The predicted molar refractivity (Wildman–Crippen MR) is 69.5 cm³/mol. The molecule has 0 bridgehead atoms. The van der Waals surface area contributed by atoms with Crippen LogP contribution in [0.5, 0.6) is 0 Å². The van der Waals surface area contributed by atoms with Crippen LogP contribution in [0.15, 0.2) is 0 Å². The molecule has 1 fully saturated rings. The van der Waals surface area contributed by atoms with Crippen molar-refractivity contribution in [2.45, 2.75) is 43.7 Å². The molecule has 0 radical (unpaired) electrons. The van der Waals surface area contributed by atoms with Crippen molar-refractivity contribution in [2.75, 3.05) is 13.6 Å². The highest BCUT2D eigenvalue weighted by molar-refractivity contribution is 5.82. The Morgan fingerprint density at radius 2 is 2.05 bits per heavy atom. The number of terminal acetylenes is 1. The van der Waals surface area contributed by atoms with Crippen LogP contribution in [0.2, 0.25) is 0 Å². The number of carboxylic acids is 1. The fraction of sp³-hybridized carbons (Fsp3) is 0.692. The summed E-state index contributed by atoms with van der Waals surface area (Å²) in [6, 6.07) is -1.64. The summed E-state index contributed by atoms with van der Waals surface area (Å²) in [6.45, 7) is 0.196. The highest BCUT2D eigenvalue weighted by Crippen LogP contribution is 2.29. The number of likely N-dealkylation sites (N-methyl/N-ethyl adjacent to an activating group) is 1. The van der Waals surface area contributed by atoms with Crippen LogP contribution in [0.25, 0.3) is 0 Å². The van der Waals surface area contributed by atoms with Crippen molar-refractivity contribution in [3.05, 3.63) is 0 Å². The van der Waals surface area contributed by atoms with Gasteiger partial charge in [-0.2, -0.15) is 0 Å².